The van der Waals surface area contributed by atoms with Gasteiger partial charge in [-0.05, 0) is 35.4 Å². The zero-order valence-corrected chi connectivity index (χ0v) is 18.6. The van der Waals surface area contributed by atoms with Gasteiger partial charge in [0.15, 0.2) is 5.13 Å². The van der Waals surface area contributed by atoms with Gasteiger partial charge in [-0.3, -0.25) is 9.59 Å². The zero-order chi connectivity index (χ0) is 22.1. The van der Waals surface area contributed by atoms with Gasteiger partial charge in [0.05, 0.1) is 35.9 Å². The van der Waals surface area contributed by atoms with E-state index < -0.39 is 0 Å². The van der Waals surface area contributed by atoms with E-state index in [4.69, 9.17) is 9.72 Å². The fourth-order valence-corrected chi connectivity index (χ4v) is 5.24. The van der Waals surface area contributed by atoms with Gasteiger partial charge in [-0.15, -0.1) is 0 Å². The van der Waals surface area contributed by atoms with E-state index in [1.54, 1.807) is 22.4 Å². The lowest BCUT2D eigenvalue weighted by Gasteiger charge is -2.32. The molecule has 1 aromatic heterocycles. The third-order valence-electron chi connectivity index (χ3n) is 5.79. The molecular weight excluding hydrogens is 424 g/mol. The lowest BCUT2D eigenvalue weighted by molar-refractivity contribution is -0.129. The van der Waals surface area contributed by atoms with Gasteiger partial charge in [-0.25, -0.2) is 4.98 Å². The number of nitrogens with one attached hydrogen (secondary N) is 1. The van der Waals surface area contributed by atoms with Crippen molar-refractivity contribution in [2.75, 3.05) is 36.5 Å². The molecule has 1 N–H and O–H groups in total. The van der Waals surface area contributed by atoms with E-state index in [1.165, 1.54) is 6.92 Å². The first kappa shape index (κ1) is 20.7. The van der Waals surface area contributed by atoms with Gasteiger partial charge in [-0.2, -0.15) is 0 Å². The van der Waals surface area contributed by atoms with Crippen molar-refractivity contribution in [1.29, 1.82) is 0 Å². The smallest absolute Gasteiger partial charge is 0.226 e. The van der Waals surface area contributed by atoms with E-state index in [9.17, 15) is 9.59 Å². The average Bonchev–Trinajstić information content (AvgIpc) is 3.23. The molecule has 0 spiro atoms. The molecule has 2 aliphatic heterocycles. The van der Waals surface area contributed by atoms with Crippen molar-refractivity contribution < 1.29 is 14.3 Å². The van der Waals surface area contributed by atoms with Crippen LogP contribution in [0.2, 0.25) is 0 Å². The molecule has 0 unspecified atom stereocenters. The van der Waals surface area contributed by atoms with Crippen molar-refractivity contribution in [3.8, 4) is 0 Å². The number of aromatic nitrogens is 1. The number of benzene rings is 2. The van der Waals surface area contributed by atoms with Crippen molar-refractivity contribution in [1.82, 2.24) is 9.88 Å². The monoisotopic (exact) mass is 448 g/mol. The molecule has 2 aromatic carbocycles. The molecular formula is C24H24N4O3S. The second kappa shape index (κ2) is 8.72. The first-order chi connectivity index (χ1) is 15.6. The van der Waals surface area contributed by atoms with Crippen LogP contribution >= 0.6 is 11.3 Å². The highest BCUT2D eigenvalue weighted by Gasteiger charge is 2.28. The Labute approximate surface area is 190 Å². The highest BCUT2D eigenvalue weighted by molar-refractivity contribution is 7.22. The maximum atomic E-state index is 12.9. The minimum Gasteiger partial charge on any atom is -0.378 e. The molecule has 2 amide bonds. The number of anilines is 2. The van der Waals surface area contributed by atoms with Crippen LogP contribution in [0.3, 0.4) is 0 Å². The largest absolute Gasteiger partial charge is 0.378 e. The van der Waals surface area contributed by atoms with Gasteiger partial charge in [0, 0.05) is 31.9 Å². The number of ether oxygens (including phenoxy) is 1. The number of rotatable bonds is 4. The van der Waals surface area contributed by atoms with Crippen molar-refractivity contribution in [3.05, 3.63) is 59.8 Å². The van der Waals surface area contributed by atoms with Crippen LogP contribution in [0.5, 0.6) is 0 Å². The quantitative estimate of drug-likeness (QED) is 0.652. The standard InChI is InChI=1S/C24H24N4O3S/c1-16(29)28-9-8-17-4-2-3-5-19(17)21(28)15-23(30)25-18-6-7-20-22(14-18)32-24(26-20)27-10-12-31-13-11-27/h2-9,14,21H,10-13,15H2,1H3,(H,25,30)/t21-/m0/s1. The Hall–Kier alpha value is -3.23. The number of hydrogen-bond acceptors (Lipinski definition) is 6. The fraction of sp³-hybridized carbons (Fsp3) is 0.292. The topological polar surface area (TPSA) is 74.8 Å². The summed E-state index contributed by atoms with van der Waals surface area (Å²) >= 11 is 1.62. The molecule has 0 aliphatic carbocycles. The van der Waals surface area contributed by atoms with Crippen molar-refractivity contribution in [2.45, 2.75) is 19.4 Å². The highest BCUT2D eigenvalue weighted by Crippen LogP contribution is 2.34. The minimum absolute atomic E-state index is 0.0877. The number of amides is 2. The van der Waals surface area contributed by atoms with E-state index in [-0.39, 0.29) is 24.3 Å². The van der Waals surface area contributed by atoms with Crippen LogP contribution in [0.15, 0.2) is 48.7 Å². The second-order valence-corrected chi connectivity index (χ2v) is 8.93. The van der Waals surface area contributed by atoms with E-state index in [0.717, 1.165) is 45.3 Å². The van der Waals surface area contributed by atoms with E-state index in [0.29, 0.717) is 13.2 Å². The zero-order valence-electron chi connectivity index (χ0n) is 17.8. The van der Waals surface area contributed by atoms with Crippen molar-refractivity contribution in [2.24, 2.45) is 0 Å². The maximum absolute atomic E-state index is 12.9. The third-order valence-corrected chi connectivity index (χ3v) is 6.87. The number of hydrogen-bond donors (Lipinski definition) is 1. The van der Waals surface area contributed by atoms with Crippen LogP contribution in [0.25, 0.3) is 16.3 Å². The average molecular weight is 449 g/mol. The summed E-state index contributed by atoms with van der Waals surface area (Å²) in [7, 11) is 0. The van der Waals surface area contributed by atoms with Crippen molar-refractivity contribution >= 4 is 50.3 Å². The molecule has 0 saturated carbocycles. The molecule has 0 bridgehead atoms. The molecule has 32 heavy (non-hydrogen) atoms. The summed E-state index contributed by atoms with van der Waals surface area (Å²) in [5.41, 5.74) is 3.66. The number of thiazole rings is 1. The summed E-state index contributed by atoms with van der Waals surface area (Å²) in [4.78, 5) is 33.7. The Balaban J connectivity index is 1.33. The molecule has 3 heterocycles. The van der Waals surface area contributed by atoms with E-state index in [1.807, 2.05) is 48.5 Å². The summed E-state index contributed by atoms with van der Waals surface area (Å²) in [5, 5.41) is 3.99. The second-order valence-electron chi connectivity index (χ2n) is 7.92. The lowest BCUT2D eigenvalue weighted by Crippen LogP contribution is -2.36. The van der Waals surface area contributed by atoms with Gasteiger partial charge < -0.3 is 19.9 Å². The molecule has 5 rings (SSSR count). The van der Waals surface area contributed by atoms with Crippen LogP contribution in [-0.4, -0.2) is 48.0 Å². The van der Waals surface area contributed by atoms with Crippen LogP contribution < -0.4 is 10.2 Å². The molecule has 2 aliphatic rings. The summed E-state index contributed by atoms with van der Waals surface area (Å²) in [6.45, 7) is 4.63. The Kier molecular flexibility index (Phi) is 5.63. The SMILES string of the molecule is CC(=O)N1C=Cc2ccccc2[C@@H]1CC(=O)Nc1ccc2nc(N3CCOCC3)sc2c1. The van der Waals surface area contributed by atoms with Gasteiger partial charge >= 0.3 is 0 Å². The van der Waals surface area contributed by atoms with E-state index in [2.05, 4.69) is 10.2 Å². The number of carbonyl (C=O) groups excluding carboxylic acids is 2. The van der Waals surface area contributed by atoms with Crippen LogP contribution in [0.4, 0.5) is 10.8 Å². The summed E-state index contributed by atoms with van der Waals surface area (Å²) in [6, 6.07) is 13.3. The highest BCUT2D eigenvalue weighted by atomic mass is 32.1. The van der Waals surface area contributed by atoms with E-state index >= 15 is 0 Å². The molecule has 7 nitrogen and oxygen atoms in total. The van der Waals surface area contributed by atoms with Crippen LogP contribution in [0, 0.1) is 0 Å². The fourth-order valence-electron chi connectivity index (χ4n) is 4.18. The van der Waals surface area contributed by atoms with Gasteiger partial charge in [0.2, 0.25) is 11.8 Å². The summed E-state index contributed by atoms with van der Waals surface area (Å²) < 4.78 is 6.45. The predicted octanol–water partition coefficient (Wildman–Crippen LogP) is 4.04. The molecule has 8 heteroatoms. The normalized spacial score (nSPS) is 18.0. The third kappa shape index (κ3) is 4.11. The Morgan fingerprint density at radius 2 is 2.00 bits per heavy atom. The first-order valence-electron chi connectivity index (χ1n) is 10.7. The summed E-state index contributed by atoms with van der Waals surface area (Å²) in [5.74, 6) is -0.223. The number of carbonyl (C=O) groups is 2. The number of fused-ring (bicyclic) bond motifs is 2. The molecule has 0 radical (unpaired) electrons. The minimum atomic E-state index is -0.325. The Bertz CT molecular complexity index is 1200. The Morgan fingerprint density at radius 1 is 1.19 bits per heavy atom. The van der Waals surface area contributed by atoms with Gasteiger partial charge in [0.25, 0.3) is 0 Å². The van der Waals surface area contributed by atoms with Crippen molar-refractivity contribution in [3.63, 3.8) is 0 Å². The molecule has 3 aromatic rings. The summed E-state index contributed by atoms with van der Waals surface area (Å²) in [6.07, 6.45) is 3.86. The maximum Gasteiger partial charge on any atom is 0.226 e. The molecule has 1 fully saturated rings. The molecule has 164 valence electrons. The number of morpholine rings is 1. The number of nitrogens with zero attached hydrogens (tertiary/aromatic N) is 3. The lowest BCUT2D eigenvalue weighted by atomic mass is 9.93. The molecule has 1 atom stereocenters. The molecule has 1 saturated heterocycles. The van der Waals surface area contributed by atoms with Gasteiger partial charge in [0.1, 0.15) is 0 Å². The first-order valence-corrected chi connectivity index (χ1v) is 11.5. The predicted molar refractivity (Wildman–Crippen MR) is 127 cm³/mol. The van der Waals surface area contributed by atoms with Gasteiger partial charge in [-0.1, -0.05) is 35.6 Å². The van der Waals surface area contributed by atoms with Crippen LogP contribution in [-0.2, 0) is 14.3 Å². The Morgan fingerprint density at radius 3 is 2.81 bits per heavy atom. The van der Waals surface area contributed by atoms with Crippen LogP contribution in [0.1, 0.15) is 30.5 Å².